The van der Waals surface area contributed by atoms with Crippen molar-refractivity contribution in [3.05, 3.63) is 172 Å². The van der Waals surface area contributed by atoms with Crippen molar-refractivity contribution in [3.8, 4) is 39.1 Å². The summed E-state index contributed by atoms with van der Waals surface area (Å²) in [6, 6.07) is 49.0. The van der Waals surface area contributed by atoms with Gasteiger partial charge in [0.15, 0.2) is 0 Å². The van der Waals surface area contributed by atoms with Crippen LogP contribution < -0.4 is 0 Å². The van der Waals surface area contributed by atoms with E-state index in [2.05, 4.69) is 189 Å². The molecule has 0 fully saturated rings. The molecule has 0 spiro atoms. The second kappa shape index (κ2) is 25.2. The van der Waals surface area contributed by atoms with Crippen molar-refractivity contribution >= 4 is 46.4 Å². The Balaban J connectivity index is 1.40. The maximum atomic E-state index is 5.56. The molecule has 9 rings (SSSR count). The molecule has 0 aliphatic carbocycles. The van der Waals surface area contributed by atoms with E-state index in [0.717, 1.165) is 87.3 Å². The van der Waals surface area contributed by atoms with Gasteiger partial charge in [0.2, 0.25) is 0 Å². The smallest absolute Gasteiger partial charge is 0.0737 e. The average molecular weight is 951 g/mol. The fourth-order valence-corrected chi connectivity index (χ4v) is 10.8. The van der Waals surface area contributed by atoms with Gasteiger partial charge in [-0.15, -0.1) is 0 Å². The third-order valence-corrected chi connectivity index (χ3v) is 14.9. The summed E-state index contributed by atoms with van der Waals surface area (Å²) >= 11 is 0. The Bertz CT molecular complexity index is 3090. The zero-order chi connectivity index (χ0) is 49.5. The summed E-state index contributed by atoms with van der Waals surface area (Å²) in [6.45, 7) is 9.17. The molecule has 0 amide bonds. The van der Waals surface area contributed by atoms with E-state index in [4.69, 9.17) is 9.97 Å². The number of aromatic nitrogens is 4. The zero-order valence-electron chi connectivity index (χ0n) is 43.9. The summed E-state index contributed by atoms with van der Waals surface area (Å²) in [5.41, 5.74) is 21.8. The first kappa shape index (κ1) is 50.4. The van der Waals surface area contributed by atoms with E-state index in [9.17, 15) is 0 Å². The van der Waals surface area contributed by atoms with Gasteiger partial charge in [-0.1, -0.05) is 190 Å². The average Bonchev–Trinajstić information content (AvgIpc) is 4.23. The van der Waals surface area contributed by atoms with E-state index in [1.54, 1.807) is 0 Å². The molecule has 5 heterocycles. The number of H-pyrrole nitrogens is 1. The number of benzene rings is 4. The van der Waals surface area contributed by atoms with Crippen LogP contribution in [0.1, 0.15) is 175 Å². The van der Waals surface area contributed by atoms with Gasteiger partial charge >= 0.3 is 0 Å². The molecule has 370 valence electrons. The fraction of sp³-hybridized carbons (Fsp3) is 0.353. The molecule has 3 aromatic heterocycles. The van der Waals surface area contributed by atoms with Crippen molar-refractivity contribution in [1.82, 2.24) is 19.5 Å². The molecular weight excluding hydrogens is 873 g/mol. The number of rotatable bonds is 24. The van der Waals surface area contributed by atoms with E-state index >= 15 is 0 Å². The van der Waals surface area contributed by atoms with Gasteiger partial charge in [-0.2, -0.15) is 0 Å². The molecule has 4 aromatic carbocycles. The van der Waals surface area contributed by atoms with Crippen LogP contribution in [0.15, 0.2) is 127 Å². The molecule has 0 unspecified atom stereocenters. The number of fused-ring (bicyclic) bond motifs is 8. The Labute approximate surface area is 431 Å². The second-order valence-electron chi connectivity index (χ2n) is 20.5. The Hall–Kier alpha value is -6.52. The Morgan fingerprint density at radius 1 is 0.361 bits per heavy atom. The number of nitrogens with one attached hydrogen (secondary N) is 1. The minimum absolute atomic E-state index is 0.922. The number of hydrogen-bond acceptors (Lipinski definition) is 2. The molecule has 0 radical (unpaired) electrons. The number of aryl methyl sites for hydroxylation is 4. The molecule has 8 bridgehead atoms. The van der Waals surface area contributed by atoms with Crippen LogP contribution in [0.25, 0.3) is 85.4 Å². The van der Waals surface area contributed by atoms with Gasteiger partial charge in [0, 0.05) is 33.4 Å². The summed E-state index contributed by atoms with van der Waals surface area (Å²) in [5, 5.41) is 0. The number of unbranched alkanes of at least 4 members (excludes halogenated alkanes) is 12. The van der Waals surface area contributed by atoms with Crippen molar-refractivity contribution in [3.63, 3.8) is 0 Å². The highest BCUT2D eigenvalue weighted by molar-refractivity contribution is 6.10. The molecule has 2 aliphatic rings. The van der Waals surface area contributed by atoms with Gasteiger partial charge in [-0.05, 0) is 157 Å². The molecule has 1 N–H and O–H groups in total. The molecule has 7 aromatic rings. The van der Waals surface area contributed by atoms with Gasteiger partial charge < -0.3 is 9.55 Å². The highest BCUT2D eigenvalue weighted by Crippen LogP contribution is 2.47. The van der Waals surface area contributed by atoms with Crippen molar-refractivity contribution in [2.45, 2.75) is 156 Å². The third kappa shape index (κ3) is 12.6. The van der Waals surface area contributed by atoms with E-state index in [0.29, 0.717) is 0 Å². The van der Waals surface area contributed by atoms with Crippen LogP contribution in [-0.4, -0.2) is 19.5 Å². The van der Waals surface area contributed by atoms with Gasteiger partial charge in [0.25, 0.3) is 0 Å². The van der Waals surface area contributed by atoms with Gasteiger partial charge in [-0.3, -0.25) is 0 Å². The molecule has 4 nitrogen and oxygen atoms in total. The highest BCUT2D eigenvalue weighted by Gasteiger charge is 2.26. The van der Waals surface area contributed by atoms with E-state index < -0.39 is 0 Å². The molecule has 0 saturated carbocycles. The molecule has 2 aliphatic heterocycles. The summed E-state index contributed by atoms with van der Waals surface area (Å²) in [5.74, 6) is 0. The number of hydrogen-bond donors (Lipinski definition) is 1. The van der Waals surface area contributed by atoms with Crippen molar-refractivity contribution < 1.29 is 0 Å². The standard InChI is InChI=1S/C68H78N4/c1-5-9-13-17-21-50-25-33-54(34-26-50)65-63-46-43-60(71-63)48-59-40-39-57(69-59)47-58-41-42-61(70-58)49-64-66(55-35-27-51(28-36-55)22-18-14-10-6-2)67(56-37-29-52(30-38-56)23-19-15-11-7-3)68(65)72(64)62-44-31-53(32-45-62)24-20-16-12-8-4/h25-49,69H,5-24H2,1-4H3. The summed E-state index contributed by atoms with van der Waals surface area (Å²) in [4.78, 5) is 14.5. The maximum Gasteiger partial charge on any atom is 0.0737 e. The summed E-state index contributed by atoms with van der Waals surface area (Å²) in [6.07, 6.45) is 33.1. The van der Waals surface area contributed by atoms with Crippen LogP contribution >= 0.6 is 0 Å². The molecule has 72 heavy (non-hydrogen) atoms. The lowest BCUT2D eigenvalue weighted by Crippen LogP contribution is -1.98. The van der Waals surface area contributed by atoms with Gasteiger partial charge in [-0.25, -0.2) is 9.97 Å². The Morgan fingerprint density at radius 2 is 0.750 bits per heavy atom. The lowest BCUT2D eigenvalue weighted by molar-refractivity contribution is 0.667. The summed E-state index contributed by atoms with van der Waals surface area (Å²) < 4.78 is 2.56. The van der Waals surface area contributed by atoms with Crippen LogP contribution in [0.5, 0.6) is 0 Å². The first-order valence-electron chi connectivity index (χ1n) is 28.1. The molecule has 0 saturated heterocycles. The first-order chi connectivity index (χ1) is 35.5. The number of aromatic amines is 1. The predicted molar refractivity (Wildman–Crippen MR) is 312 cm³/mol. The third-order valence-electron chi connectivity index (χ3n) is 14.9. The minimum atomic E-state index is 0.922. The largest absolute Gasteiger partial charge is 0.355 e. The maximum absolute atomic E-state index is 5.56. The van der Waals surface area contributed by atoms with Crippen LogP contribution in [-0.2, 0) is 25.7 Å². The Morgan fingerprint density at radius 3 is 1.21 bits per heavy atom. The SMILES string of the molecule is CCCCCCc1ccc(-c2c(-c3ccc(CCCCCC)cc3)c3c(-c4ccc(CCCCCC)cc4)c4nc(cc5ccc(cc6nc(cc2n3-c2ccc(CCCCCC)cc2)C=C6)[nH]5)C=C4)cc1. The molecule has 0 atom stereocenters. The predicted octanol–water partition coefficient (Wildman–Crippen LogP) is 19.6. The van der Waals surface area contributed by atoms with E-state index in [1.165, 1.54) is 147 Å². The topological polar surface area (TPSA) is 46.5 Å². The monoisotopic (exact) mass is 951 g/mol. The minimum Gasteiger partial charge on any atom is -0.355 e. The fourth-order valence-electron chi connectivity index (χ4n) is 10.8. The Kier molecular flexibility index (Phi) is 17.7. The lowest BCUT2D eigenvalue weighted by Gasteiger charge is -2.15. The normalized spacial score (nSPS) is 12.1. The molecular formula is C68H78N4. The van der Waals surface area contributed by atoms with Crippen LogP contribution in [0.2, 0.25) is 0 Å². The van der Waals surface area contributed by atoms with Crippen molar-refractivity contribution in [2.24, 2.45) is 0 Å². The molecule has 4 heteroatoms. The zero-order valence-corrected chi connectivity index (χ0v) is 43.9. The number of nitrogens with zero attached hydrogens (tertiary/aromatic N) is 3. The van der Waals surface area contributed by atoms with Gasteiger partial charge in [0.05, 0.1) is 33.8 Å². The highest BCUT2D eigenvalue weighted by atomic mass is 15.0. The quantitative estimate of drug-likeness (QED) is 0.0614. The lowest BCUT2D eigenvalue weighted by atomic mass is 9.91. The van der Waals surface area contributed by atoms with E-state index in [1.807, 2.05) is 0 Å². The van der Waals surface area contributed by atoms with Crippen molar-refractivity contribution in [2.75, 3.05) is 0 Å². The van der Waals surface area contributed by atoms with Crippen LogP contribution in [0.4, 0.5) is 0 Å². The van der Waals surface area contributed by atoms with Crippen LogP contribution in [0, 0.1) is 0 Å². The first-order valence-corrected chi connectivity index (χ1v) is 28.1. The summed E-state index contributed by atoms with van der Waals surface area (Å²) in [7, 11) is 0. The van der Waals surface area contributed by atoms with Crippen LogP contribution in [0.3, 0.4) is 0 Å². The van der Waals surface area contributed by atoms with E-state index in [-0.39, 0.29) is 0 Å². The van der Waals surface area contributed by atoms with Gasteiger partial charge in [0.1, 0.15) is 0 Å². The second-order valence-corrected chi connectivity index (χ2v) is 20.5. The van der Waals surface area contributed by atoms with Crippen molar-refractivity contribution in [1.29, 1.82) is 0 Å².